The van der Waals surface area contributed by atoms with Crippen molar-refractivity contribution >= 4 is 44.8 Å². The number of halogens is 1. The van der Waals surface area contributed by atoms with E-state index in [1.165, 1.54) is 39.9 Å². The summed E-state index contributed by atoms with van der Waals surface area (Å²) in [5, 5.41) is 6.37. The molecule has 0 unspecified atom stereocenters. The molecule has 2 amide bonds. The Balaban J connectivity index is 1.55. The monoisotopic (exact) mass is 538 g/mol. The second-order valence-corrected chi connectivity index (χ2v) is 12.6. The molecular formula is C24H31ClN4O4S2. The smallest absolute Gasteiger partial charge is 0.261 e. The Bertz CT molecular complexity index is 1140. The van der Waals surface area contributed by atoms with Gasteiger partial charge >= 0.3 is 0 Å². The number of sulfonamides is 1. The molecule has 1 aromatic heterocycles. The van der Waals surface area contributed by atoms with Crippen molar-refractivity contribution < 1.29 is 18.0 Å². The second-order valence-electron chi connectivity index (χ2n) is 9.12. The average molecular weight is 539 g/mol. The molecule has 4 rings (SSSR count). The number of carbonyl (C=O) groups is 2. The van der Waals surface area contributed by atoms with Crippen LogP contribution in [0, 0.1) is 0 Å². The first-order valence-corrected chi connectivity index (χ1v) is 14.5. The zero-order valence-corrected chi connectivity index (χ0v) is 22.1. The van der Waals surface area contributed by atoms with Crippen LogP contribution in [0.2, 0.25) is 5.02 Å². The first kappa shape index (κ1) is 26.1. The lowest BCUT2D eigenvalue weighted by molar-refractivity contribution is -0.124. The topological polar surface area (TPSA) is 98.8 Å². The van der Waals surface area contributed by atoms with E-state index >= 15 is 0 Å². The van der Waals surface area contributed by atoms with E-state index in [2.05, 4.69) is 22.6 Å². The Labute approximate surface area is 215 Å². The predicted molar refractivity (Wildman–Crippen MR) is 137 cm³/mol. The van der Waals surface area contributed by atoms with Gasteiger partial charge in [0.2, 0.25) is 15.9 Å². The molecule has 2 N–H and O–H groups in total. The van der Waals surface area contributed by atoms with Gasteiger partial charge in [0, 0.05) is 29.0 Å². The average Bonchev–Trinajstić information content (AvgIpc) is 3.21. The zero-order valence-electron chi connectivity index (χ0n) is 19.7. The van der Waals surface area contributed by atoms with E-state index in [-0.39, 0.29) is 29.3 Å². The molecule has 2 aromatic rings. The second kappa shape index (κ2) is 11.4. The molecule has 2 aliphatic heterocycles. The Hall–Kier alpha value is -1.98. The molecule has 35 heavy (non-hydrogen) atoms. The van der Waals surface area contributed by atoms with Gasteiger partial charge in [0.1, 0.15) is 6.04 Å². The molecule has 8 nitrogen and oxygen atoms in total. The molecule has 1 aromatic carbocycles. The number of nitrogens with one attached hydrogen (secondary N) is 2. The predicted octanol–water partition coefficient (Wildman–Crippen LogP) is 3.09. The normalized spacial score (nSPS) is 20.4. The summed E-state index contributed by atoms with van der Waals surface area (Å²) in [7, 11) is -1.92. The van der Waals surface area contributed by atoms with Crippen LogP contribution in [-0.2, 0) is 21.4 Å². The number of piperidine rings is 1. The maximum absolute atomic E-state index is 13.7. The molecule has 0 bridgehead atoms. The summed E-state index contributed by atoms with van der Waals surface area (Å²) in [4.78, 5) is 29.2. The Kier molecular flexibility index (Phi) is 8.49. The fourth-order valence-corrected chi connectivity index (χ4v) is 7.16. The Morgan fingerprint density at radius 2 is 1.86 bits per heavy atom. The van der Waals surface area contributed by atoms with Crippen molar-refractivity contribution in [3.05, 3.63) is 51.2 Å². The highest BCUT2D eigenvalue weighted by Gasteiger charge is 2.37. The Morgan fingerprint density at radius 1 is 1.14 bits per heavy atom. The van der Waals surface area contributed by atoms with Gasteiger partial charge in [0.15, 0.2) is 0 Å². The van der Waals surface area contributed by atoms with Gasteiger partial charge in [-0.15, -0.1) is 11.3 Å². The van der Waals surface area contributed by atoms with Crippen LogP contribution in [0.25, 0.3) is 0 Å². The lowest BCUT2D eigenvalue weighted by Crippen LogP contribution is -2.48. The number of hydrogen-bond acceptors (Lipinski definition) is 6. The standard InChI is InChI=1S/C24H31ClN4O4S2/c1-28-14-11-18(12-15-28)27-24(31)22-10-7-19(34-22)16-29(21-4-2-3-13-26-23(21)30)35(32,33)20-8-5-17(25)6-9-20/h5-10,18,21H,2-4,11-16H2,1H3,(H,26,30)(H,27,31)/t21-/m1/s1. The van der Waals surface area contributed by atoms with Gasteiger partial charge in [0.05, 0.1) is 9.77 Å². The highest BCUT2D eigenvalue weighted by atomic mass is 35.5. The van der Waals surface area contributed by atoms with Crippen LogP contribution >= 0.6 is 22.9 Å². The number of benzene rings is 1. The van der Waals surface area contributed by atoms with Gasteiger partial charge in [-0.2, -0.15) is 4.31 Å². The van der Waals surface area contributed by atoms with Gasteiger partial charge in [0.25, 0.3) is 5.91 Å². The Morgan fingerprint density at radius 3 is 2.57 bits per heavy atom. The summed E-state index contributed by atoms with van der Waals surface area (Å²) in [6, 6.07) is 8.77. The molecule has 2 aliphatic rings. The zero-order chi connectivity index (χ0) is 25.0. The minimum Gasteiger partial charge on any atom is -0.355 e. The molecular weight excluding hydrogens is 508 g/mol. The van der Waals surface area contributed by atoms with Gasteiger partial charge in [-0.3, -0.25) is 9.59 Å². The third kappa shape index (κ3) is 6.42. The molecule has 2 fully saturated rings. The summed E-state index contributed by atoms with van der Waals surface area (Å²) in [5.74, 6) is -0.438. The van der Waals surface area contributed by atoms with E-state index in [9.17, 15) is 18.0 Å². The summed E-state index contributed by atoms with van der Waals surface area (Å²) in [6.45, 7) is 2.43. The van der Waals surface area contributed by atoms with Crippen LogP contribution in [0.5, 0.6) is 0 Å². The highest BCUT2D eigenvalue weighted by molar-refractivity contribution is 7.89. The number of likely N-dealkylation sites (tertiary alicyclic amines) is 1. The van der Waals surface area contributed by atoms with E-state index in [1.54, 1.807) is 12.1 Å². The number of amides is 2. The number of rotatable bonds is 7. The van der Waals surface area contributed by atoms with E-state index < -0.39 is 16.1 Å². The number of thiophene rings is 1. The van der Waals surface area contributed by atoms with Gasteiger partial charge < -0.3 is 15.5 Å². The minimum atomic E-state index is -3.99. The third-order valence-corrected chi connectivity index (χ3v) is 9.71. The molecule has 2 saturated heterocycles. The molecule has 0 spiro atoms. The van der Waals surface area contributed by atoms with Crippen molar-refractivity contribution in [2.24, 2.45) is 0 Å². The first-order chi connectivity index (χ1) is 16.7. The fraction of sp³-hybridized carbons (Fsp3) is 0.500. The van der Waals surface area contributed by atoms with Crippen LogP contribution in [0.3, 0.4) is 0 Å². The number of nitrogens with zero attached hydrogens (tertiary/aromatic N) is 2. The largest absolute Gasteiger partial charge is 0.355 e. The van der Waals surface area contributed by atoms with Crippen molar-refractivity contribution in [1.29, 1.82) is 0 Å². The van der Waals surface area contributed by atoms with Crippen molar-refractivity contribution in [2.75, 3.05) is 26.7 Å². The van der Waals surface area contributed by atoms with E-state index in [1.807, 2.05) is 0 Å². The van der Waals surface area contributed by atoms with Crippen LogP contribution in [0.15, 0.2) is 41.3 Å². The maximum atomic E-state index is 13.7. The summed E-state index contributed by atoms with van der Waals surface area (Å²) in [6.07, 6.45) is 3.80. The van der Waals surface area contributed by atoms with Crippen molar-refractivity contribution in [3.63, 3.8) is 0 Å². The van der Waals surface area contributed by atoms with Crippen LogP contribution in [0.4, 0.5) is 0 Å². The fourth-order valence-electron chi connectivity index (χ4n) is 4.45. The van der Waals surface area contributed by atoms with Crippen molar-refractivity contribution in [2.45, 2.75) is 55.6 Å². The van der Waals surface area contributed by atoms with Gasteiger partial charge in [-0.1, -0.05) is 11.6 Å². The quantitative estimate of drug-likeness (QED) is 0.564. The molecule has 190 valence electrons. The van der Waals surface area contributed by atoms with Crippen molar-refractivity contribution in [1.82, 2.24) is 19.8 Å². The lowest BCUT2D eigenvalue weighted by atomic mass is 10.1. The van der Waals surface area contributed by atoms with Gasteiger partial charge in [-0.25, -0.2) is 8.42 Å². The number of hydrogen-bond donors (Lipinski definition) is 2. The van der Waals surface area contributed by atoms with E-state index in [0.29, 0.717) is 27.7 Å². The molecule has 3 heterocycles. The molecule has 0 radical (unpaired) electrons. The molecule has 0 saturated carbocycles. The first-order valence-electron chi connectivity index (χ1n) is 11.9. The summed E-state index contributed by atoms with van der Waals surface area (Å²) >= 11 is 7.22. The van der Waals surface area contributed by atoms with Crippen molar-refractivity contribution in [3.8, 4) is 0 Å². The van der Waals surface area contributed by atoms with E-state index in [4.69, 9.17) is 11.6 Å². The lowest BCUT2D eigenvalue weighted by Gasteiger charge is -2.29. The SMILES string of the molecule is CN1CCC(NC(=O)c2ccc(CN([C@@H]3CCCCNC3=O)S(=O)(=O)c3ccc(Cl)cc3)s2)CC1. The minimum absolute atomic E-state index is 0.00914. The summed E-state index contributed by atoms with van der Waals surface area (Å²) in [5.41, 5.74) is 0. The molecule has 0 aliphatic carbocycles. The molecule has 11 heteroatoms. The molecule has 1 atom stereocenters. The van der Waals surface area contributed by atoms with Gasteiger partial charge in [-0.05, 0) is 88.6 Å². The maximum Gasteiger partial charge on any atom is 0.261 e. The van der Waals surface area contributed by atoms with Crippen LogP contribution in [0.1, 0.15) is 46.7 Å². The summed E-state index contributed by atoms with van der Waals surface area (Å²) < 4.78 is 28.6. The van der Waals surface area contributed by atoms with Crippen LogP contribution in [-0.4, -0.2) is 68.2 Å². The van der Waals surface area contributed by atoms with E-state index in [0.717, 1.165) is 38.8 Å². The van der Waals surface area contributed by atoms with Crippen LogP contribution < -0.4 is 10.6 Å². The highest BCUT2D eigenvalue weighted by Crippen LogP contribution is 2.28. The third-order valence-electron chi connectivity index (χ3n) is 6.52. The number of carbonyl (C=O) groups excluding carboxylic acids is 2.